The molecule has 0 aromatic carbocycles. The molecule has 0 N–H and O–H groups in total. The fraction of sp³-hybridized carbons (Fsp3) is 0.667. The van der Waals surface area contributed by atoms with Gasteiger partial charge in [0.1, 0.15) is 0 Å². The third-order valence-electron chi connectivity index (χ3n) is 4.03. The second-order valence-corrected chi connectivity index (χ2v) is 7.83. The molecule has 0 spiro atoms. The monoisotopic (exact) mass is 334 g/mol. The third-order valence-corrected chi connectivity index (χ3v) is 5.24. The number of carbonyl (C=O) groups is 1. The van der Waals surface area contributed by atoms with Crippen LogP contribution in [0.5, 0.6) is 0 Å². The van der Waals surface area contributed by atoms with Crippen LogP contribution in [0.15, 0.2) is 6.33 Å². The molecule has 0 saturated carbocycles. The minimum atomic E-state index is -3.50. The second kappa shape index (κ2) is 4.72. The number of aryl methyl sites for hydroxylation is 1. The third kappa shape index (κ3) is 2.50. The molecule has 1 atom stereocenters. The zero-order valence-corrected chi connectivity index (χ0v) is 13.0. The van der Waals surface area contributed by atoms with Gasteiger partial charge in [-0.3, -0.25) is 4.79 Å². The lowest BCUT2D eigenvalue weighted by Gasteiger charge is -2.42. The number of alkyl halides is 2. The van der Waals surface area contributed by atoms with E-state index < -0.39 is 40.9 Å². The van der Waals surface area contributed by atoms with E-state index in [1.165, 1.54) is 6.33 Å². The van der Waals surface area contributed by atoms with Crippen LogP contribution in [0.4, 0.5) is 8.78 Å². The van der Waals surface area contributed by atoms with Gasteiger partial charge in [-0.1, -0.05) is 0 Å². The van der Waals surface area contributed by atoms with Crippen LogP contribution in [0.3, 0.4) is 0 Å². The zero-order chi connectivity index (χ0) is 16.3. The fourth-order valence-electron chi connectivity index (χ4n) is 2.91. The minimum absolute atomic E-state index is 0.0493. The average molecular weight is 334 g/mol. The number of likely N-dealkylation sites (tertiary alicyclic amines) is 1. The van der Waals surface area contributed by atoms with E-state index in [0.717, 1.165) is 15.5 Å². The van der Waals surface area contributed by atoms with Gasteiger partial charge >= 0.3 is 0 Å². The molecule has 1 saturated heterocycles. The minimum Gasteiger partial charge on any atom is -0.337 e. The molecule has 3 rings (SSSR count). The Bertz CT molecular complexity index is 723. The summed E-state index contributed by atoms with van der Waals surface area (Å²) in [5, 5.41) is 0. The van der Waals surface area contributed by atoms with Crippen molar-refractivity contribution in [1.82, 2.24) is 18.8 Å². The van der Waals surface area contributed by atoms with Crippen LogP contribution in [0, 0.1) is 0 Å². The molecule has 1 fully saturated rings. The number of aromatic nitrogens is 2. The van der Waals surface area contributed by atoms with Gasteiger partial charge in [-0.05, 0) is 0 Å². The van der Waals surface area contributed by atoms with Crippen LogP contribution in [-0.4, -0.2) is 64.9 Å². The smallest absolute Gasteiger partial charge is 0.282 e. The van der Waals surface area contributed by atoms with E-state index in [4.69, 9.17) is 0 Å². The van der Waals surface area contributed by atoms with Gasteiger partial charge in [0.2, 0.25) is 15.9 Å². The number of nitrogens with zero attached hydrogens (tertiary/aromatic N) is 4. The van der Waals surface area contributed by atoms with Gasteiger partial charge in [0.05, 0.1) is 49.5 Å². The number of fused-ring (bicyclic) bond motifs is 1. The molecular formula is C12H16F2N4O3S. The summed E-state index contributed by atoms with van der Waals surface area (Å²) in [6, 6.07) is 0. The normalized spacial score (nSPS) is 24.7. The van der Waals surface area contributed by atoms with Crippen LogP contribution in [0.2, 0.25) is 0 Å². The first-order chi connectivity index (χ1) is 10.1. The molecule has 1 aromatic heterocycles. The summed E-state index contributed by atoms with van der Waals surface area (Å²) in [5.74, 6) is -4.14. The fourth-order valence-corrected chi connectivity index (χ4v) is 3.69. The summed E-state index contributed by atoms with van der Waals surface area (Å²) < 4.78 is 52.3. The highest BCUT2D eigenvalue weighted by molar-refractivity contribution is 7.88. The van der Waals surface area contributed by atoms with E-state index in [0.29, 0.717) is 11.4 Å². The molecule has 0 unspecified atom stereocenters. The standard InChI is InChI=1S/C12H16F2N4O3S/c1-16-7-15-9-4-18(22(2,20)21)3-8(10(9)16)11(19)17-5-12(13,14)6-17/h7-8H,3-6H2,1-2H3/t8-/m0/s1. The molecule has 10 heteroatoms. The lowest BCUT2D eigenvalue weighted by Crippen LogP contribution is -2.60. The Labute approximate surface area is 126 Å². The van der Waals surface area contributed by atoms with E-state index in [-0.39, 0.29) is 13.1 Å². The number of sulfonamides is 1. The molecule has 2 aliphatic rings. The summed E-state index contributed by atoms with van der Waals surface area (Å²) in [5.41, 5.74) is 1.09. The van der Waals surface area contributed by atoms with Gasteiger partial charge in [-0.25, -0.2) is 22.2 Å². The Morgan fingerprint density at radius 3 is 2.59 bits per heavy atom. The number of halogens is 2. The van der Waals surface area contributed by atoms with Crippen molar-refractivity contribution in [3.63, 3.8) is 0 Å². The second-order valence-electron chi connectivity index (χ2n) is 5.85. The summed E-state index contributed by atoms with van der Waals surface area (Å²) in [6.45, 7) is -1.19. The molecule has 0 bridgehead atoms. The predicted octanol–water partition coefficient (Wildman–Crippen LogP) is -0.244. The highest BCUT2D eigenvalue weighted by Crippen LogP contribution is 2.34. The van der Waals surface area contributed by atoms with Crippen LogP contribution in [0.25, 0.3) is 0 Å². The SMILES string of the molecule is Cn1cnc2c1[C@@H](C(=O)N1CC(F)(F)C1)CN(S(C)(=O)=O)C2. The van der Waals surface area contributed by atoms with Crippen LogP contribution < -0.4 is 0 Å². The van der Waals surface area contributed by atoms with Gasteiger partial charge < -0.3 is 9.47 Å². The summed E-state index contributed by atoms with van der Waals surface area (Å²) in [7, 11) is -1.80. The van der Waals surface area contributed by atoms with Gasteiger partial charge in [0.15, 0.2) is 0 Å². The van der Waals surface area contributed by atoms with Gasteiger partial charge in [-0.15, -0.1) is 0 Å². The number of hydrogen-bond acceptors (Lipinski definition) is 4. The molecule has 7 nitrogen and oxygen atoms in total. The highest BCUT2D eigenvalue weighted by atomic mass is 32.2. The topological polar surface area (TPSA) is 75.5 Å². The van der Waals surface area contributed by atoms with E-state index in [2.05, 4.69) is 4.98 Å². The van der Waals surface area contributed by atoms with Crippen molar-refractivity contribution >= 4 is 15.9 Å². The lowest BCUT2D eigenvalue weighted by atomic mass is 9.96. The van der Waals surface area contributed by atoms with Crippen molar-refractivity contribution in [3.05, 3.63) is 17.7 Å². The Morgan fingerprint density at radius 2 is 2.05 bits per heavy atom. The van der Waals surface area contributed by atoms with Gasteiger partial charge in [0.25, 0.3) is 5.92 Å². The van der Waals surface area contributed by atoms with E-state index in [1.807, 2.05) is 0 Å². The van der Waals surface area contributed by atoms with Crippen LogP contribution in [-0.2, 0) is 28.4 Å². The molecule has 0 radical (unpaired) electrons. The van der Waals surface area contributed by atoms with E-state index in [9.17, 15) is 22.0 Å². The van der Waals surface area contributed by atoms with Crippen molar-refractivity contribution < 1.29 is 22.0 Å². The first-order valence-corrected chi connectivity index (χ1v) is 8.55. The summed E-state index contributed by atoms with van der Waals surface area (Å²) in [4.78, 5) is 17.7. The highest BCUT2D eigenvalue weighted by Gasteiger charge is 2.49. The number of rotatable bonds is 2. The maximum atomic E-state index is 13.0. The first-order valence-electron chi connectivity index (χ1n) is 6.70. The Hall–Kier alpha value is -1.55. The van der Waals surface area contributed by atoms with Gasteiger partial charge in [0, 0.05) is 13.6 Å². The van der Waals surface area contributed by atoms with Crippen molar-refractivity contribution in [3.8, 4) is 0 Å². The summed E-state index contributed by atoms with van der Waals surface area (Å²) >= 11 is 0. The molecular weight excluding hydrogens is 318 g/mol. The maximum absolute atomic E-state index is 13.0. The number of carbonyl (C=O) groups excluding carboxylic acids is 1. The number of amides is 1. The molecule has 22 heavy (non-hydrogen) atoms. The molecule has 1 aromatic rings. The van der Waals surface area contributed by atoms with E-state index in [1.54, 1.807) is 11.6 Å². The Morgan fingerprint density at radius 1 is 1.41 bits per heavy atom. The molecule has 122 valence electrons. The average Bonchev–Trinajstić information content (AvgIpc) is 2.75. The van der Waals surface area contributed by atoms with Crippen LogP contribution >= 0.6 is 0 Å². The number of hydrogen-bond donors (Lipinski definition) is 0. The van der Waals surface area contributed by atoms with Gasteiger partial charge in [-0.2, -0.15) is 4.31 Å². The van der Waals surface area contributed by atoms with Crippen LogP contribution in [0.1, 0.15) is 17.3 Å². The quantitative estimate of drug-likeness (QED) is 0.748. The first kappa shape index (κ1) is 15.3. The number of imidazole rings is 1. The molecule has 0 aliphatic carbocycles. The zero-order valence-electron chi connectivity index (χ0n) is 12.2. The Balaban J connectivity index is 1.92. The molecule has 3 heterocycles. The molecule has 1 amide bonds. The Kier molecular flexibility index (Phi) is 3.29. The molecule has 2 aliphatic heterocycles. The maximum Gasteiger partial charge on any atom is 0.282 e. The largest absolute Gasteiger partial charge is 0.337 e. The predicted molar refractivity (Wildman–Crippen MR) is 72.7 cm³/mol. The van der Waals surface area contributed by atoms with E-state index >= 15 is 0 Å². The van der Waals surface area contributed by atoms with Crippen molar-refractivity contribution in [2.45, 2.75) is 18.4 Å². The summed E-state index contributed by atoms with van der Waals surface area (Å²) in [6.07, 6.45) is 2.56. The van der Waals surface area contributed by atoms with Crippen molar-refractivity contribution in [2.24, 2.45) is 7.05 Å². The van der Waals surface area contributed by atoms with Crippen molar-refractivity contribution in [2.75, 3.05) is 25.9 Å². The lowest BCUT2D eigenvalue weighted by molar-refractivity contribution is -0.167. The van der Waals surface area contributed by atoms with Crippen molar-refractivity contribution in [1.29, 1.82) is 0 Å².